The van der Waals surface area contributed by atoms with Crippen molar-refractivity contribution in [3.05, 3.63) is 17.8 Å². The Kier molecular flexibility index (Phi) is 4.82. The van der Waals surface area contributed by atoms with E-state index in [0.29, 0.717) is 6.54 Å². The molecule has 0 radical (unpaired) electrons. The standard InChI is InChI=1S/C13H14F3N5O2/c1-2-17-9(22)5-6-10(23)19-12-7-3-4-8(13(14,15)16)18-11(7)20-21-12/h3-4H,2,5-6H2,1H3,(H,17,22)(H2,18,19,20,21,23). The lowest BCUT2D eigenvalue weighted by atomic mass is 10.2. The predicted molar refractivity (Wildman–Crippen MR) is 75.4 cm³/mol. The second-order valence-corrected chi connectivity index (χ2v) is 4.66. The number of pyridine rings is 1. The van der Waals surface area contributed by atoms with E-state index >= 15 is 0 Å². The minimum absolute atomic E-state index is 0.0124. The number of aromatic amines is 1. The first-order valence-electron chi connectivity index (χ1n) is 6.80. The van der Waals surface area contributed by atoms with Crippen molar-refractivity contribution in [3.8, 4) is 0 Å². The molecule has 0 aliphatic carbocycles. The molecule has 10 heteroatoms. The highest BCUT2D eigenvalue weighted by Gasteiger charge is 2.32. The number of alkyl halides is 3. The lowest BCUT2D eigenvalue weighted by Crippen LogP contribution is -2.24. The fraction of sp³-hybridized carbons (Fsp3) is 0.385. The van der Waals surface area contributed by atoms with Gasteiger partial charge >= 0.3 is 6.18 Å². The van der Waals surface area contributed by atoms with Crippen molar-refractivity contribution < 1.29 is 22.8 Å². The molecule has 2 aromatic heterocycles. The Balaban J connectivity index is 2.06. The van der Waals surface area contributed by atoms with Gasteiger partial charge in [0.25, 0.3) is 0 Å². The van der Waals surface area contributed by atoms with Crippen LogP contribution in [0.5, 0.6) is 0 Å². The van der Waals surface area contributed by atoms with Gasteiger partial charge in [-0.15, -0.1) is 0 Å². The first kappa shape index (κ1) is 16.7. The number of amides is 2. The number of nitrogens with zero attached hydrogens (tertiary/aromatic N) is 2. The quantitative estimate of drug-likeness (QED) is 0.779. The molecule has 3 N–H and O–H groups in total. The second kappa shape index (κ2) is 6.63. The van der Waals surface area contributed by atoms with E-state index in [4.69, 9.17) is 0 Å². The molecule has 0 aliphatic heterocycles. The van der Waals surface area contributed by atoms with Gasteiger partial charge in [0.15, 0.2) is 11.5 Å². The molecule has 2 heterocycles. The summed E-state index contributed by atoms with van der Waals surface area (Å²) in [5.41, 5.74) is -1.14. The van der Waals surface area contributed by atoms with Crippen LogP contribution in [0, 0.1) is 0 Å². The van der Waals surface area contributed by atoms with Crippen LogP contribution in [-0.4, -0.2) is 33.5 Å². The number of H-pyrrole nitrogens is 1. The highest BCUT2D eigenvalue weighted by Crippen LogP contribution is 2.29. The molecule has 2 rings (SSSR count). The van der Waals surface area contributed by atoms with Gasteiger partial charge in [0.1, 0.15) is 5.69 Å². The molecule has 0 spiro atoms. The first-order chi connectivity index (χ1) is 10.8. The van der Waals surface area contributed by atoms with Gasteiger partial charge < -0.3 is 10.6 Å². The van der Waals surface area contributed by atoms with Gasteiger partial charge in [-0.05, 0) is 19.1 Å². The number of hydrogen-bond acceptors (Lipinski definition) is 4. The summed E-state index contributed by atoms with van der Waals surface area (Å²) in [6, 6.07) is 1.98. The van der Waals surface area contributed by atoms with Crippen molar-refractivity contribution in [1.82, 2.24) is 20.5 Å². The van der Waals surface area contributed by atoms with Gasteiger partial charge in [-0.25, -0.2) is 4.98 Å². The summed E-state index contributed by atoms with van der Waals surface area (Å²) in [7, 11) is 0. The van der Waals surface area contributed by atoms with Gasteiger partial charge in [-0.1, -0.05) is 0 Å². The molecule has 7 nitrogen and oxygen atoms in total. The number of anilines is 1. The molecule has 0 unspecified atom stereocenters. The van der Waals surface area contributed by atoms with Crippen molar-refractivity contribution in [2.45, 2.75) is 25.9 Å². The summed E-state index contributed by atoms with van der Waals surface area (Å²) >= 11 is 0. The molecule has 0 atom stereocenters. The van der Waals surface area contributed by atoms with Crippen molar-refractivity contribution in [1.29, 1.82) is 0 Å². The van der Waals surface area contributed by atoms with Crippen LogP contribution in [-0.2, 0) is 15.8 Å². The van der Waals surface area contributed by atoms with Crippen LogP contribution in [0.15, 0.2) is 12.1 Å². The number of carbonyl (C=O) groups excluding carboxylic acids is 2. The maximum absolute atomic E-state index is 12.6. The minimum Gasteiger partial charge on any atom is -0.356 e. The van der Waals surface area contributed by atoms with Crippen molar-refractivity contribution >= 4 is 28.7 Å². The highest BCUT2D eigenvalue weighted by molar-refractivity contribution is 5.99. The Morgan fingerprint density at radius 2 is 1.91 bits per heavy atom. The largest absolute Gasteiger partial charge is 0.433 e. The number of carbonyl (C=O) groups is 2. The molecule has 0 aliphatic rings. The number of aromatic nitrogens is 3. The number of halogens is 3. The summed E-state index contributed by atoms with van der Waals surface area (Å²) in [5, 5.41) is 11.3. The van der Waals surface area contributed by atoms with E-state index < -0.39 is 17.8 Å². The molecular weight excluding hydrogens is 315 g/mol. The Labute approximate surface area is 128 Å². The molecule has 23 heavy (non-hydrogen) atoms. The van der Waals surface area contributed by atoms with Gasteiger partial charge in [0, 0.05) is 19.4 Å². The van der Waals surface area contributed by atoms with E-state index in [1.807, 2.05) is 0 Å². The Morgan fingerprint density at radius 3 is 2.57 bits per heavy atom. The van der Waals surface area contributed by atoms with E-state index in [0.717, 1.165) is 6.07 Å². The van der Waals surface area contributed by atoms with Gasteiger partial charge in [0.05, 0.1) is 5.39 Å². The van der Waals surface area contributed by atoms with E-state index in [9.17, 15) is 22.8 Å². The lowest BCUT2D eigenvalue weighted by Gasteiger charge is -2.05. The summed E-state index contributed by atoms with van der Waals surface area (Å²) < 4.78 is 37.7. The SMILES string of the molecule is CCNC(=O)CCC(=O)Nc1n[nH]c2nc(C(F)(F)F)ccc12. The topological polar surface area (TPSA) is 99.8 Å². The number of hydrogen-bond donors (Lipinski definition) is 3. The zero-order valence-electron chi connectivity index (χ0n) is 12.1. The van der Waals surface area contributed by atoms with Crippen LogP contribution < -0.4 is 10.6 Å². The molecule has 0 saturated carbocycles. The predicted octanol–water partition coefficient (Wildman–Crippen LogP) is 1.83. The maximum atomic E-state index is 12.6. The first-order valence-corrected chi connectivity index (χ1v) is 6.80. The van der Waals surface area contributed by atoms with Gasteiger partial charge in [-0.2, -0.15) is 18.3 Å². The zero-order chi connectivity index (χ0) is 17.0. The van der Waals surface area contributed by atoms with Crippen LogP contribution in [0.3, 0.4) is 0 Å². The number of rotatable bonds is 5. The Bertz CT molecular complexity index is 726. The molecule has 0 bridgehead atoms. The number of nitrogens with one attached hydrogen (secondary N) is 3. The third-order valence-corrected chi connectivity index (χ3v) is 2.93. The summed E-state index contributed by atoms with van der Waals surface area (Å²) in [6.45, 7) is 2.23. The summed E-state index contributed by atoms with van der Waals surface area (Å²) in [4.78, 5) is 26.4. The molecule has 0 saturated heterocycles. The molecule has 0 aromatic carbocycles. The minimum atomic E-state index is -4.56. The number of fused-ring (bicyclic) bond motifs is 1. The van der Waals surface area contributed by atoms with Crippen molar-refractivity contribution in [3.63, 3.8) is 0 Å². The van der Waals surface area contributed by atoms with Crippen LogP contribution in [0.2, 0.25) is 0 Å². The van der Waals surface area contributed by atoms with Crippen LogP contribution in [0.25, 0.3) is 11.0 Å². The second-order valence-electron chi connectivity index (χ2n) is 4.66. The summed E-state index contributed by atoms with van der Waals surface area (Å²) in [5.74, 6) is -0.655. The molecule has 2 amide bonds. The van der Waals surface area contributed by atoms with Crippen molar-refractivity contribution in [2.24, 2.45) is 0 Å². The normalized spacial score (nSPS) is 11.5. The van der Waals surface area contributed by atoms with Crippen LogP contribution >= 0.6 is 0 Å². The molecular formula is C13H14F3N5O2. The van der Waals surface area contributed by atoms with Crippen molar-refractivity contribution in [2.75, 3.05) is 11.9 Å². The van der Waals surface area contributed by atoms with Crippen LogP contribution in [0.1, 0.15) is 25.5 Å². The zero-order valence-corrected chi connectivity index (χ0v) is 12.1. The third kappa shape index (κ3) is 4.18. The van der Waals surface area contributed by atoms with Gasteiger partial charge in [0.2, 0.25) is 11.8 Å². The molecule has 124 valence electrons. The lowest BCUT2D eigenvalue weighted by molar-refractivity contribution is -0.141. The Morgan fingerprint density at radius 1 is 1.22 bits per heavy atom. The van der Waals surface area contributed by atoms with E-state index in [2.05, 4.69) is 25.8 Å². The van der Waals surface area contributed by atoms with E-state index in [1.165, 1.54) is 6.07 Å². The third-order valence-electron chi connectivity index (χ3n) is 2.93. The maximum Gasteiger partial charge on any atom is 0.433 e. The molecule has 2 aromatic rings. The fourth-order valence-corrected chi connectivity index (χ4v) is 1.86. The van der Waals surface area contributed by atoms with E-state index in [-0.39, 0.29) is 35.6 Å². The summed E-state index contributed by atoms with van der Waals surface area (Å²) in [6.07, 6.45) is -4.61. The van der Waals surface area contributed by atoms with E-state index in [1.54, 1.807) is 6.92 Å². The van der Waals surface area contributed by atoms with Crippen LogP contribution in [0.4, 0.5) is 19.0 Å². The smallest absolute Gasteiger partial charge is 0.356 e. The Hall–Kier alpha value is -2.65. The fourth-order valence-electron chi connectivity index (χ4n) is 1.86. The average Bonchev–Trinajstić information content (AvgIpc) is 2.87. The highest BCUT2D eigenvalue weighted by atomic mass is 19.4. The average molecular weight is 329 g/mol. The van der Waals surface area contributed by atoms with Gasteiger partial charge in [-0.3, -0.25) is 14.7 Å². The monoisotopic (exact) mass is 329 g/mol. The molecule has 0 fully saturated rings.